The molecule has 1 rings (SSSR count). The van der Waals surface area contributed by atoms with Crippen molar-refractivity contribution >= 4 is 0 Å². The molecule has 1 aromatic rings. The van der Waals surface area contributed by atoms with Gasteiger partial charge in [-0.2, -0.15) is 0 Å². The Morgan fingerprint density at radius 2 is 2.13 bits per heavy atom. The highest BCUT2D eigenvalue weighted by Crippen LogP contribution is 2.17. The van der Waals surface area contributed by atoms with E-state index < -0.39 is 0 Å². The van der Waals surface area contributed by atoms with Crippen molar-refractivity contribution in [2.75, 3.05) is 27.7 Å². The molecule has 2 nitrogen and oxygen atoms in total. The van der Waals surface area contributed by atoms with Crippen molar-refractivity contribution in [3.05, 3.63) is 35.6 Å². The van der Waals surface area contributed by atoms with Gasteiger partial charge in [0, 0.05) is 6.04 Å². The summed E-state index contributed by atoms with van der Waals surface area (Å²) in [5, 5.41) is 3.21. The molecule has 0 aliphatic carbocycles. The van der Waals surface area contributed by atoms with Gasteiger partial charge < -0.3 is 10.2 Å². The molecule has 0 radical (unpaired) electrons. The number of halogens is 1. The van der Waals surface area contributed by atoms with Gasteiger partial charge >= 0.3 is 0 Å². The monoisotopic (exact) mass is 210 g/mol. The van der Waals surface area contributed by atoms with Gasteiger partial charge in [0.2, 0.25) is 0 Å². The molecule has 0 saturated carbocycles. The summed E-state index contributed by atoms with van der Waals surface area (Å²) in [6.07, 6.45) is 0.979. The standard InChI is InChI=1S/C12H19FN2/c1-14-12(7-8-15(2)3)10-5-4-6-11(13)9-10/h4-6,9,12,14H,7-8H2,1-3H3. The summed E-state index contributed by atoms with van der Waals surface area (Å²) in [5.41, 5.74) is 1.01. The van der Waals surface area contributed by atoms with Crippen LogP contribution in [0.25, 0.3) is 0 Å². The molecule has 84 valence electrons. The van der Waals surface area contributed by atoms with Gasteiger partial charge in [0.25, 0.3) is 0 Å². The molecule has 1 N–H and O–H groups in total. The van der Waals surface area contributed by atoms with Gasteiger partial charge in [0.15, 0.2) is 0 Å². The molecule has 1 unspecified atom stereocenters. The zero-order valence-corrected chi connectivity index (χ0v) is 9.63. The molecule has 0 fully saturated rings. The van der Waals surface area contributed by atoms with E-state index in [9.17, 15) is 4.39 Å². The molecular formula is C12H19FN2. The van der Waals surface area contributed by atoms with Crippen molar-refractivity contribution in [2.24, 2.45) is 0 Å². The summed E-state index contributed by atoms with van der Waals surface area (Å²) in [5.74, 6) is -0.169. The molecule has 0 aliphatic heterocycles. The average molecular weight is 210 g/mol. The third kappa shape index (κ3) is 3.98. The van der Waals surface area contributed by atoms with Crippen molar-refractivity contribution in [1.82, 2.24) is 10.2 Å². The first-order chi connectivity index (χ1) is 7.13. The van der Waals surface area contributed by atoms with Crippen molar-refractivity contribution in [3.63, 3.8) is 0 Å². The number of rotatable bonds is 5. The molecule has 0 heterocycles. The minimum atomic E-state index is -0.169. The lowest BCUT2D eigenvalue weighted by Gasteiger charge is -2.19. The second-order valence-electron chi connectivity index (χ2n) is 3.99. The molecule has 0 bridgehead atoms. The van der Waals surface area contributed by atoms with Crippen LogP contribution in [0.4, 0.5) is 4.39 Å². The highest BCUT2D eigenvalue weighted by molar-refractivity contribution is 5.20. The van der Waals surface area contributed by atoms with E-state index in [4.69, 9.17) is 0 Å². The van der Waals surface area contributed by atoms with Crippen LogP contribution in [0.3, 0.4) is 0 Å². The van der Waals surface area contributed by atoms with E-state index in [1.54, 1.807) is 12.1 Å². The lowest BCUT2D eigenvalue weighted by atomic mass is 10.0. The van der Waals surface area contributed by atoms with Crippen LogP contribution < -0.4 is 5.32 Å². The molecule has 0 amide bonds. The Morgan fingerprint density at radius 3 is 2.67 bits per heavy atom. The third-order valence-electron chi connectivity index (χ3n) is 2.46. The first-order valence-electron chi connectivity index (χ1n) is 5.21. The number of nitrogens with one attached hydrogen (secondary N) is 1. The second-order valence-corrected chi connectivity index (χ2v) is 3.99. The van der Waals surface area contributed by atoms with E-state index in [0.717, 1.165) is 18.5 Å². The van der Waals surface area contributed by atoms with E-state index in [0.29, 0.717) is 0 Å². The maximum absolute atomic E-state index is 13.0. The minimum absolute atomic E-state index is 0.169. The fourth-order valence-corrected chi connectivity index (χ4v) is 1.59. The average Bonchev–Trinajstić information content (AvgIpc) is 2.18. The van der Waals surface area contributed by atoms with E-state index in [-0.39, 0.29) is 11.9 Å². The van der Waals surface area contributed by atoms with Gasteiger partial charge in [-0.1, -0.05) is 12.1 Å². The Bertz CT molecular complexity index is 299. The SMILES string of the molecule is CNC(CCN(C)C)c1cccc(F)c1. The molecule has 1 aromatic carbocycles. The lowest BCUT2D eigenvalue weighted by molar-refractivity contribution is 0.368. The van der Waals surface area contributed by atoms with E-state index >= 15 is 0 Å². The molecule has 0 aliphatic rings. The predicted molar refractivity (Wildman–Crippen MR) is 61.4 cm³/mol. The van der Waals surface area contributed by atoms with Gasteiger partial charge in [0.1, 0.15) is 5.82 Å². The molecule has 0 spiro atoms. The van der Waals surface area contributed by atoms with Gasteiger partial charge in [-0.3, -0.25) is 0 Å². The second kappa shape index (κ2) is 5.83. The summed E-state index contributed by atoms with van der Waals surface area (Å²) in [4.78, 5) is 2.13. The van der Waals surface area contributed by atoms with Gasteiger partial charge in [0.05, 0.1) is 0 Å². The quantitative estimate of drug-likeness (QED) is 0.800. The zero-order chi connectivity index (χ0) is 11.3. The molecular weight excluding hydrogens is 191 g/mol. The number of benzene rings is 1. The number of nitrogens with zero attached hydrogens (tertiary/aromatic N) is 1. The summed E-state index contributed by atoms with van der Waals surface area (Å²) in [6.45, 7) is 0.988. The van der Waals surface area contributed by atoms with E-state index in [2.05, 4.69) is 10.2 Å². The molecule has 0 aromatic heterocycles. The first kappa shape index (κ1) is 12.1. The van der Waals surface area contributed by atoms with Crippen LogP contribution in [0.15, 0.2) is 24.3 Å². The van der Waals surface area contributed by atoms with E-state index in [1.807, 2.05) is 27.2 Å². The van der Waals surface area contributed by atoms with Crippen LogP contribution in [0.1, 0.15) is 18.0 Å². The Labute approximate surface area is 91.1 Å². The highest BCUT2D eigenvalue weighted by atomic mass is 19.1. The fourth-order valence-electron chi connectivity index (χ4n) is 1.59. The highest BCUT2D eigenvalue weighted by Gasteiger charge is 2.09. The Balaban J connectivity index is 2.65. The van der Waals surface area contributed by atoms with Crippen LogP contribution in [0.5, 0.6) is 0 Å². The predicted octanol–water partition coefficient (Wildman–Crippen LogP) is 2.04. The van der Waals surface area contributed by atoms with Crippen LogP contribution in [0.2, 0.25) is 0 Å². The molecule has 1 atom stereocenters. The van der Waals surface area contributed by atoms with Gasteiger partial charge in [-0.15, -0.1) is 0 Å². The Hall–Kier alpha value is -0.930. The summed E-state index contributed by atoms with van der Waals surface area (Å²) in [6, 6.07) is 7.01. The zero-order valence-electron chi connectivity index (χ0n) is 9.63. The van der Waals surface area contributed by atoms with Crippen molar-refractivity contribution in [2.45, 2.75) is 12.5 Å². The number of hydrogen-bond donors (Lipinski definition) is 1. The topological polar surface area (TPSA) is 15.3 Å². The molecule has 15 heavy (non-hydrogen) atoms. The minimum Gasteiger partial charge on any atom is -0.313 e. The first-order valence-corrected chi connectivity index (χ1v) is 5.21. The molecule has 0 saturated heterocycles. The summed E-state index contributed by atoms with van der Waals surface area (Å²) in [7, 11) is 5.99. The maximum Gasteiger partial charge on any atom is 0.123 e. The van der Waals surface area contributed by atoms with Crippen molar-refractivity contribution < 1.29 is 4.39 Å². The molecule has 3 heteroatoms. The Kier molecular flexibility index (Phi) is 4.72. The summed E-state index contributed by atoms with van der Waals surface area (Å²) < 4.78 is 13.0. The normalized spacial score (nSPS) is 13.1. The van der Waals surface area contributed by atoms with Crippen LogP contribution >= 0.6 is 0 Å². The van der Waals surface area contributed by atoms with Crippen molar-refractivity contribution in [3.8, 4) is 0 Å². The smallest absolute Gasteiger partial charge is 0.123 e. The maximum atomic E-state index is 13.0. The largest absolute Gasteiger partial charge is 0.313 e. The number of hydrogen-bond acceptors (Lipinski definition) is 2. The lowest BCUT2D eigenvalue weighted by Crippen LogP contribution is -2.22. The third-order valence-corrected chi connectivity index (χ3v) is 2.46. The van der Waals surface area contributed by atoms with Crippen LogP contribution in [-0.4, -0.2) is 32.6 Å². The van der Waals surface area contributed by atoms with Crippen LogP contribution in [0, 0.1) is 5.82 Å². The van der Waals surface area contributed by atoms with Gasteiger partial charge in [-0.05, 0) is 51.8 Å². The van der Waals surface area contributed by atoms with Crippen molar-refractivity contribution in [1.29, 1.82) is 0 Å². The van der Waals surface area contributed by atoms with E-state index in [1.165, 1.54) is 6.07 Å². The fraction of sp³-hybridized carbons (Fsp3) is 0.500. The Morgan fingerprint density at radius 1 is 1.40 bits per heavy atom. The van der Waals surface area contributed by atoms with Gasteiger partial charge in [-0.25, -0.2) is 4.39 Å². The van der Waals surface area contributed by atoms with Crippen LogP contribution in [-0.2, 0) is 0 Å². The summed E-state index contributed by atoms with van der Waals surface area (Å²) >= 11 is 0.